The lowest BCUT2D eigenvalue weighted by Crippen LogP contribution is -1.98. The Labute approximate surface area is 153 Å². The molecule has 1 aromatic heterocycles. The molecular formula is C22H22N2O2. The average Bonchev–Trinajstić information content (AvgIpc) is 2.93. The molecule has 132 valence electrons. The van der Waals surface area contributed by atoms with Crippen molar-refractivity contribution in [3.8, 4) is 11.1 Å². The smallest absolute Gasteiger partial charge is 0.335 e. The van der Waals surface area contributed by atoms with E-state index in [0.717, 1.165) is 28.0 Å². The van der Waals surface area contributed by atoms with Crippen molar-refractivity contribution in [2.24, 2.45) is 0 Å². The van der Waals surface area contributed by atoms with Gasteiger partial charge in [0.15, 0.2) is 0 Å². The highest BCUT2D eigenvalue weighted by Gasteiger charge is 2.13. The molecule has 0 unspecified atom stereocenters. The number of allylic oxidation sites excluding steroid dienone is 1. The summed E-state index contributed by atoms with van der Waals surface area (Å²) < 4.78 is 0. The van der Waals surface area contributed by atoms with E-state index in [-0.39, 0.29) is 5.56 Å². The zero-order valence-corrected chi connectivity index (χ0v) is 15.1. The van der Waals surface area contributed by atoms with Crippen LogP contribution in [0, 0.1) is 13.8 Å². The topological polar surface area (TPSA) is 79.1 Å². The van der Waals surface area contributed by atoms with Crippen molar-refractivity contribution in [2.45, 2.75) is 20.8 Å². The summed E-state index contributed by atoms with van der Waals surface area (Å²) >= 11 is 0. The molecule has 0 aliphatic heterocycles. The number of aromatic nitrogens is 1. The molecule has 26 heavy (non-hydrogen) atoms. The maximum atomic E-state index is 11.3. The van der Waals surface area contributed by atoms with Gasteiger partial charge in [0, 0.05) is 23.1 Å². The number of aromatic carboxylic acids is 1. The lowest BCUT2D eigenvalue weighted by atomic mass is 9.92. The van der Waals surface area contributed by atoms with Crippen LogP contribution >= 0.6 is 0 Å². The van der Waals surface area contributed by atoms with Gasteiger partial charge in [0.05, 0.1) is 5.56 Å². The second kappa shape index (κ2) is 6.92. The second-order valence-electron chi connectivity index (χ2n) is 6.49. The number of hydrogen-bond donors (Lipinski definition) is 3. The Balaban J connectivity index is 2.15. The van der Waals surface area contributed by atoms with Crippen LogP contribution < -0.4 is 5.73 Å². The van der Waals surface area contributed by atoms with Crippen LogP contribution in [0.4, 0.5) is 5.69 Å². The van der Waals surface area contributed by atoms with Crippen LogP contribution in [0.15, 0.2) is 48.7 Å². The molecule has 0 saturated heterocycles. The van der Waals surface area contributed by atoms with Crippen molar-refractivity contribution in [1.29, 1.82) is 0 Å². The fraction of sp³-hybridized carbons (Fsp3) is 0.136. The van der Waals surface area contributed by atoms with Crippen molar-refractivity contribution in [3.63, 3.8) is 0 Å². The van der Waals surface area contributed by atoms with Crippen molar-refractivity contribution in [3.05, 3.63) is 76.6 Å². The minimum atomic E-state index is -0.943. The quantitative estimate of drug-likeness (QED) is 0.572. The predicted octanol–water partition coefficient (Wildman–Crippen LogP) is 5.14. The number of carboxylic acid groups (broad SMARTS) is 1. The van der Waals surface area contributed by atoms with Crippen molar-refractivity contribution >= 4 is 23.3 Å². The van der Waals surface area contributed by atoms with Gasteiger partial charge >= 0.3 is 5.97 Å². The Morgan fingerprint density at radius 1 is 1.15 bits per heavy atom. The first kappa shape index (κ1) is 17.5. The zero-order valence-electron chi connectivity index (χ0n) is 15.1. The van der Waals surface area contributed by atoms with Gasteiger partial charge in [-0.05, 0) is 72.9 Å². The molecule has 3 rings (SSSR count). The van der Waals surface area contributed by atoms with E-state index in [9.17, 15) is 9.90 Å². The van der Waals surface area contributed by atoms with Gasteiger partial charge in [-0.15, -0.1) is 0 Å². The summed E-state index contributed by atoms with van der Waals surface area (Å²) in [5.41, 5.74) is 14.4. The lowest BCUT2D eigenvalue weighted by Gasteiger charge is -2.14. The summed E-state index contributed by atoms with van der Waals surface area (Å²) in [5.74, 6) is -0.943. The molecule has 2 aromatic carbocycles. The van der Waals surface area contributed by atoms with E-state index >= 15 is 0 Å². The summed E-state index contributed by atoms with van der Waals surface area (Å²) in [6.07, 6.45) is 4.07. The fourth-order valence-corrected chi connectivity index (χ4v) is 3.12. The summed E-state index contributed by atoms with van der Waals surface area (Å²) in [6, 6.07) is 12.6. The van der Waals surface area contributed by atoms with Gasteiger partial charge < -0.3 is 15.8 Å². The molecule has 0 saturated carbocycles. The number of nitrogens with two attached hydrogens (primary N) is 1. The van der Waals surface area contributed by atoms with Gasteiger partial charge in [0.2, 0.25) is 0 Å². The third kappa shape index (κ3) is 3.26. The summed E-state index contributed by atoms with van der Waals surface area (Å²) in [7, 11) is 0. The number of rotatable bonds is 4. The van der Waals surface area contributed by atoms with Crippen molar-refractivity contribution < 1.29 is 9.90 Å². The maximum Gasteiger partial charge on any atom is 0.335 e. The highest BCUT2D eigenvalue weighted by molar-refractivity contribution is 5.95. The van der Waals surface area contributed by atoms with Crippen LogP contribution in [-0.4, -0.2) is 16.1 Å². The third-order valence-electron chi connectivity index (χ3n) is 4.71. The van der Waals surface area contributed by atoms with Crippen molar-refractivity contribution in [2.75, 3.05) is 5.73 Å². The van der Waals surface area contributed by atoms with E-state index in [4.69, 9.17) is 5.73 Å². The van der Waals surface area contributed by atoms with Crippen LogP contribution in [-0.2, 0) is 0 Å². The second-order valence-corrected chi connectivity index (χ2v) is 6.49. The first-order chi connectivity index (χ1) is 12.4. The number of hydrogen-bond acceptors (Lipinski definition) is 2. The van der Waals surface area contributed by atoms with E-state index < -0.39 is 5.97 Å². The van der Waals surface area contributed by atoms with Crippen LogP contribution in [0.3, 0.4) is 0 Å². The molecule has 4 heteroatoms. The minimum Gasteiger partial charge on any atom is -0.478 e. The molecule has 0 amide bonds. The maximum absolute atomic E-state index is 11.3. The van der Waals surface area contributed by atoms with Crippen LogP contribution in [0.1, 0.15) is 39.7 Å². The van der Waals surface area contributed by atoms with E-state index in [1.807, 2.05) is 37.4 Å². The Kier molecular flexibility index (Phi) is 4.67. The number of nitrogen functional groups attached to an aromatic ring is 1. The number of aromatic amines is 1. The summed E-state index contributed by atoms with van der Waals surface area (Å²) in [4.78, 5) is 14.6. The standard InChI is InChI=1S/C22H22N2O2/c1-13(10-20-15(3)14(2)12-24-20)21-18(8-5-9-19(21)23)16-6-4-7-17(11-16)22(25)26/h4-12,24H,23H2,1-3H3,(H,25,26)/b13-10+. The van der Waals surface area contributed by atoms with Crippen LogP contribution in [0.5, 0.6) is 0 Å². The Morgan fingerprint density at radius 3 is 2.54 bits per heavy atom. The molecule has 0 spiro atoms. The molecule has 0 aliphatic rings. The monoisotopic (exact) mass is 346 g/mol. The molecule has 4 nitrogen and oxygen atoms in total. The fourth-order valence-electron chi connectivity index (χ4n) is 3.12. The van der Waals surface area contributed by atoms with Gasteiger partial charge in [-0.3, -0.25) is 0 Å². The highest BCUT2D eigenvalue weighted by atomic mass is 16.4. The third-order valence-corrected chi connectivity index (χ3v) is 4.71. The number of anilines is 1. The van der Waals surface area contributed by atoms with Gasteiger partial charge in [-0.25, -0.2) is 4.79 Å². The number of H-pyrrole nitrogens is 1. The van der Waals surface area contributed by atoms with Gasteiger partial charge in [-0.2, -0.15) is 0 Å². The summed E-state index contributed by atoms with van der Waals surface area (Å²) in [6.45, 7) is 6.17. The van der Waals surface area contributed by atoms with Crippen molar-refractivity contribution in [1.82, 2.24) is 4.98 Å². The predicted molar refractivity (Wildman–Crippen MR) is 107 cm³/mol. The minimum absolute atomic E-state index is 0.258. The zero-order chi connectivity index (χ0) is 18.8. The number of nitrogens with one attached hydrogen (secondary N) is 1. The molecular weight excluding hydrogens is 324 g/mol. The van der Waals surface area contributed by atoms with Crippen LogP contribution in [0.2, 0.25) is 0 Å². The SMILES string of the molecule is C/C(=C\c1[nH]cc(C)c1C)c1c(N)cccc1-c1cccc(C(=O)O)c1. The summed E-state index contributed by atoms with van der Waals surface area (Å²) in [5, 5.41) is 9.28. The number of aryl methyl sites for hydroxylation is 1. The molecule has 1 heterocycles. The molecule has 0 atom stereocenters. The molecule has 0 aliphatic carbocycles. The largest absolute Gasteiger partial charge is 0.478 e. The number of benzene rings is 2. The Morgan fingerprint density at radius 2 is 1.88 bits per heavy atom. The normalized spacial score (nSPS) is 11.6. The highest BCUT2D eigenvalue weighted by Crippen LogP contribution is 2.34. The van der Waals surface area contributed by atoms with E-state index in [1.165, 1.54) is 11.1 Å². The molecule has 0 bridgehead atoms. The van der Waals surface area contributed by atoms with E-state index in [2.05, 4.69) is 24.9 Å². The van der Waals surface area contributed by atoms with E-state index in [0.29, 0.717) is 5.69 Å². The average molecular weight is 346 g/mol. The van der Waals surface area contributed by atoms with Gasteiger partial charge in [-0.1, -0.05) is 24.3 Å². The molecule has 0 radical (unpaired) electrons. The van der Waals surface area contributed by atoms with Gasteiger partial charge in [0.25, 0.3) is 0 Å². The first-order valence-corrected chi connectivity index (χ1v) is 8.44. The number of carbonyl (C=O) groups is 1. The van der Waals surface area contributed by atoms with Gasteiger partial charge in [0.1, 0.15) is 0 Å². The molecule has 3 aromatic rings. The molecule has 0 fully saturated rings. The Bertz CT molecular complexity index is 1010. The first-order valence-electron chi connectivity index (χ1n) is 8.44. The van der Waals surface area contributed by atoms with Crippen LogP contribution in [0.25, 0.3) is 22.8 Å². The lowest BCUT2D eigenvalue weighted by molar-refractivity contribution is 0.0697. The Hall–Kier alpha value is -3.27. The number of carboxylic acids is 1. The molecule has 4 N–H and O–H groups in total. The van der Waals surface area contributed by atoms with E-state index in [1.54, 1.807) is 18.2 Å².